The lowest BCUT2D eigenvalue weighted by atomic mass is 9.93. The van der Waals surface area contributed by atoms with Gasteiger partial charge in [0.05, 0.1) is 0 Å². The summed E-state index contributed by atoms with van der Waals surface area (Å²) < 4.78 is 0. The van der Waals surface area contributed by atoms with E-state index in [1.807, 2.05) is 0 Å². The molecule has 6 nitrogen and oxygen atoms in total. The zero-order valence-electron chi connectivity index (χ0n) is 15.7. The molecule has 2 rings (SSSR count). The molecule has 0 aliphatic heterocycles. The van der Waals surface area contributed by atoms with E-state index in [-0.39, 0.29) is 22.4 Å². The molecule has 0 aromatic heterocycles. The van der Waals surface area contributed by atoms with Crippen LogP contribution in [-0.2, 0) is 9.59 Å². The molecule has 0 aromatic carbocycles. The predicted molar refractivity (Wildman–Crippen MR) is 98.9 cm³/mol. The van der Waals surface area contributed by atoms with E-state index in [0.29, 0.717) is 0 Å². The molecule has 0 N–H and O–H groups in total. The van der Waals surface area contributed by atoms with Crippen molar-refractivity contribution in [2.24, 2.45) is 10.8 Å². The van der Waals surface area contributed by atoms with Gasteiger partial charge in [0.1, 0.15) is 0 Å². The van der Waals surface area contributed by atoms with Crippen molar-refractivity contribution in [3.05, 3.63) is 11.1 Å². The predicted octanol–water partition coefficient (Wildman–Crippen LogP) is 4.19. The second kappa shape index (κ2) is 9.70. The fourth-order valence-corrected chi connectivity index (χ4v) is 3.91. The molecule has 142 valence electrons. The van der Waals surface area contributed by atoms with Crippen LogP contribution in [0.3, 0.4) is 0 Å². The van der Waals surface area contributed by atoms with Gasteiger partial charge in [0.25, 0.3) is 0 Å². The molecule has 0 unspecified atom stereocenters. The summed E-state index contributed by atoms with van der Waals surface area (Å²) in [4.78, 5) is 29.3. The molecule has 26 heavy (non-hydrogen) atoms. The third kappa shape index (κ3) is 5.82. The Balaban J connectivity index is 1.43. The molecule has 2 fully saturated rings. The lowest BCUT2D eigenvalue weighted by Crippen LogP contribution is -2.17. The molecule has 0 aromatic rings. The van der Waals surface area contributed by atoms with Gasteiger partial charge in [-0.2, -0.15) is 9.58 Å². The number of Topliss-reactive ketones (excluding diaryl/α,β-unsaturated/α-hetero) is 2. The summed E-state index contributed by atoms with van der Waals surface area (Å²) in [7, 11) is 0. The van der Waals surface area contributed by atoms with E-state index < -0.39 is 0 Å². The van der Waals surface area contributed by atoms with Crippen molar-refractivity contribution in [1.29, 1.82) is 0 Å². The van der Waals surface area contributed by atoms with Gasteiger partial charge in [-0.3, -0.25) is 9.59 Å². The molecule has 0 radical (unpaired) electrons. The van der Waals surface area contributed by atoms with E-state index in [2.05, 4.69) is 9.58 Å². The van der Waals surface area contributed by atoms with Gasteiger partial charge in [-0.25, -0.2) is 0 Å². The maximum absolute atomic E-state index is 11.8. The van der Waals surface area contributed by atoms with Gasteiger partial charge < -0.3 is 11.1 Å². The topological polar surface area (TPSA) is 107 Å². The van der Waals surface area contributed by atoms with Crippen LogP contribution in [0.1, 0.15) is 89.9 Å². The van der Waals surface area contributed by atoms with Crippen molar-refractivity contribution in [2.75, 3.05) is 0 Å². The van der Waals surface area contributed by atoms with Crippen molar-refractivity contribution in [2.45, 2.75) is 89.9 Å². The zero-order valence-corrected chi connectivity index (χ0v) is 15.7. The van der Waals surface area contributed by atoms with Crippen LogP contribution in [0.25, 0.3) is 11.1 Å². The zero-order chi connectivity index (χ0) is 18.9. The second-order valence-corrected chi connectivity index (χ2v) is 8.11. The molecule has 0 heterocycles. The number of hydrogen-bond donors (Lipinski definition) is 0. The fourth-order valence-electron chi connectivity index (χ4n) is 3.91. The Bertz CT molecular complexity index is 553. The Kier molecular flexibility index (Phi) is 7.62. The molecular weight excluding hydrogens is 328 g/mol. The molecule has 0 amide bonds. The van der Waals surface area contributed by atoms with Crippen LogP contribution in [0.4, 0.5) is 0 Å². The van der Waals surface area contributed by atoms with Crippen LogP contribution < -0.4 is 0 Å². The highest BCUT2D eigenvalue weighted by atomic mass is 16.1. The molecule has 0 atom stereocenters. The molecule has 2 aliphatic carbocycles. The lowest BCUT2D eigenvalue weighted by molar-refractivity contribution is -0.121. The first-order valence-electron chi connectivity index (χ1n) is 10.0. The molecular formula is C20H30N4O2. The summed E-state index contributed by atoms with van der Waals surface area (Å²) in [5, 5.41) is 0. The number of carbonyl (C=O) groups excluding carboxylic acids is 2. The molecule has 2 saturated carbocycles. The highest BCUT2D eigenvalue weighted by Crippen LogP contribution is 2.51. The third-order valence-electron chi connectivity index (χ3n) is 6.16. The van der Waals surface area contributed by atoms with Gasteiger partial charge in [0, 0.05) is 10.8 Å². The minimum absolute atomic E-state index is 0.0165. The Hall–Kier alpha value is -1.90. The van der Waals surface area contributed by atoms with Crippen LogP contribution in [0.2, 0.25) is 0 Å². The molecule has 0 bridgehead atoms. The monoisotopic (exact) mass is 358 g/mol. The van der Waals surface area contributed by atoms with Crippen molar-refractivity contribution in [3.63, 3.8) is 0 Å². The Morgan fingerprint density at radius 2 is 0.962 bits per heavy atom. The molecule has 2 aliphatic rings. The highest BCUT2D eigenvalue weighted by molar-refractivity contribution is 6.29. The average Bonchev–Trinajstić information content (AvgIpc) is 3.53. The first-order chi connectivity index (χ1) is 12.6. The highest BCUT2D eigenvalue weighted by Gasteiger charge is 2.50. The minimum Gasteiger partial charge on any atom is -0.361 e. The average molecular weight is 358 g/mol. The maximum atomic E-state index is 11.8. The first-order valence-corrected chi connectivity index (χ1v) is 10.0. The smallest absolute Gasteiger partial charge is 0.323 e. The Labute approximate surface area is 155 Å². The van der Waals surface area contributed by atoms with Crippen molar-refractivity contribution in [1.82, 2.24) is 0 Å². The summed E-state index contributed by atoms with van der Waals surface area (Å²) in [6.07, 6.45) is 17.0. The van der Waals surface area contributed by atoms with Crippen molar-refractivity contribution >= 4 is 24.0 Å². The van der Waals surface area contributed by atoms with Crippen molar-refractivity contribution < 1.29 is 19.2 Å². The Morgan fingerprint density at radius 1 is 0.654 bits per heavy atom. The minimum atomic E-state index is -0.205. The van der Waals surface area contributed by atoms with Crippen molar-refractivity contribution in [3.8, 4) is 0 Å². The summed E-state index contributed by atoms with van der Waals surface area (Å²) in [5.41, 5.74) is 16.5. The molecule has 0 spiro atoms. The van der Waals surface area contributed by atoms with Crippen LogP contribution in [0, 0.1) is 10.8 Å². The fraction of sp³-hybridized carbons (Fsp3) is 0.800. The number of nitrogens with zero attached hydrogens (tertiary/aromatic N) is 4. The lowest BCUT2D eigenvalue weighted by Gasteiger charge is -2.09. The quantitative estimate of drug-likeness (QED) is 0.189. The molecule has 6 heteroatoms. The number of hydrogen-bond acceptors (Lipinski definition) is 2. The summed E-state index contributed by atoms with van der Waals surface area (Å²) in [6.45, 7) is 0. The van der Waals surface area contributed by atoms with Crippen LogP contribution in [-0.4, -0.2) is 33.6 Å². The summed E-state index contributed by atoms with van der Waals surface area (Å²) in [5.74, 6) is -0.0330. The number of rotatable bonds is 15. The Morgan fingerprint density at radius 3 is 1.23 bits per heavy atom. The van der Waals surface area contributed by atoms with E-state index >= 15 is 0 Å². The SMILES string of the molecule is [N-]=[N+]=CC(=O)C1(CCCCCCCCCCC2(C(=O)C=[N+]=[N-])CC2)CC1. The maximum Gasteiger partial charge on any atom is 0.323 e. The van der Waals surface area contributed by atoms with Gasteiger partial charge in [-0.15, -0.1) is 0 Å². The number of carbonyl (C=O) groups is 2. The standard InChI is InChI=1S/C20H30N4O2/c21-23-15-17(25)19(11-12-19)9-7-5-3-1-2-4-6-8-10-20(13-14-20)18(26)16-24-22/h15-16H,1-14H2. The van der Waals surface area contributed by atoms with Crippen LogP contribution in [0.5, 0.6) is 0 Å². The number of unbranched alkanes of at least 4 members (excludes halogenated alkanes) is 7. The summed E-state index contributed by atoms with van der Waals surface area (Å²) in [6, 6.07) is 0. The van der Waals surface area contributed by atoms with Gasteiger partial charge in [-0.1, -0.05) is 51.4 Å². The number of ketones is 2. The van der Waals surface area contributed by atoms with E-state index in [9.17, 15) is 9.59 Å². The van der Waals surface area contributed by atoms with Gasteiger partial charge in [-0.05, 0) is 38.5 Å². The van der Waals surface area contributed by atoms with E-state index in [4.69, 9.17) is 11.1 Å². The largest absolute Gasteiger partial charge is 0.361 e. The van der Waals surface area contributed by atoms with Gasteiger partial charge >= 0.3 is 12.4 Å². The van der Waals surface area contributed by atoms with E-state index in [1.165, 1.54) is 25.7 Å². The second-order valence-electron chi connectivity index (χ2n) is 8.11. The normalized spacial score (nSPS) is 18.3. The molecule has 0 saturated heterocycles. The van der Waals surface area contributed by atoms with Crippen LogP contribution in [0.15, 0.2) is 0 Å². The third-order valence-corrected chi connectivity index (χ3v) is 6.16. The summed E-state index contributed by atoms with van der Waals surface area (Å²) >= 11 is 0. The van der Waals surface area contributed by atoms with Gasteiger partial charge in [0.15, 0.2) is 0 Å². The van der Waals surface area contributed by atoms with E-state index in [1.54, 1.807) is 0 Å². The first kappa shape index (κ1) is 20.4. The van der Waals surface area contributed by atoms with E-state index in [0.717, 1.165) is 76.6 Å². The van der Waals surface area contributed by atoms with Gasteiger partial charge in [0.2, 0.25) is 11.6 Å². The van der Waals surface area contributed by atoms with Crippen LogP contribution >= 0.6 is 0 Å².